The van der Waals surface area contributed by atoms with E-state index in [1.54, 1.807) is 42.5 Å². The summed E-state index contributed by atoms with van der Waals surface area (Å²) in [6.07, 6.45) is 3.36. The second kappa shape index (κ2) is 11.2. The summed E-state index contributed by atoms with van der Waals surface area (Å²) < 4.78 is 12.2. The highest BCUT2D eigenvalue weighted by molar-refractivity contribution is 9.10. The third kappa shape index (κ3) is 5.97. The number of methoxy groups -OCH3 is 1. The van der Waals surface area contributed by atoms with E-state index in [1.807, 2.05) is 6.92 Å². The molecule has 6 nitrogen and oxygen atoms in total. The zero-order valence-electron chi connectivity index (χ0n) is 17.8. The van der Waals surface area contributed by atoms with Crippen LogP contribution in [0.25, 0.3) is 6.08 Å². The van der Waals surface area contributed by atoms with Crippen LogP contribution in [0.15, 0.2) is 52.4 Å². The molecule has 0 bridgehead atoms. The van der Waals surface area contributed by atoms with Gasteiger partial charge in [0.25, 0.3) is 11.8 Å². The number of carbonyl (C=O) groups excluding carboxylic acids is 2. The Kier molecular flexibility index (Phi) is 8.58. The Morgan fingerprint density at radius 1 is 1.39 bits per heavy atom. The van der Waals surface area contributed by atoms with E-state index in [0.717, 1.165) is 5.56 Å². The molecule has 1 saturated heterocycles. The average Bonchev–Trinajstić information content (AvgIpc) is 3.03. The fourth-order valence-electron chi connectivity index (χ4n) is 2.97. The lowest BCUT2D eigenvalue weighted by Gasteiger charge is -2.14. The van der Waals surface area contributed by atoms with Crippen molar-refractivity contribution in [3.63, 3.8) is 0 Å². The number of rotatable bonds is 8. The van der Waals surface area contributed by atoms with Gasteiger partial charge in [-0.1, -0.05) is 47.7 Å². The second-order valence-corrected chi connectivity index (χ2v) is 9.80. The fourth-order valence-corrected chi connectivity index (χ4v) is 4.99. The first-order chi connectivity index (χ1) is 15.7. The van der Waals surface area contributed by atoms with Gasteiger partial charge >= 0.3 is 0 Å². The van der Waals surface area contributed by atoms with Crippen LogP contribution < -0.4 is 14.8 Å². The zero-order chi connectivity index (χ0) is 24.1. The molecule has 3 rings (SSSR count). The van der Waals surface area contributed by atoms with Crippen LogP contribution in [-0.2, 0) is 9.59 Å². The van der Waals surface area contributed by atoms with Gasteiger partial charge in [-0.2, -0.15) is 0 Å². The monoisotopic (exact) mass is 566 g/mol. The van der Waals surface area contributed by atoms with Gasteiger partial charge in [0.2, 0.25) is 0 Å². The summed E-state index contributed by atoms with van der Waals surface area (Å²) >= 11 is 16.1. The molecule has 33 heavy (non-hydrogen) atoms. The predicted octanol–water partition coefficient (Wildman–Crippen LogP) is 5.82. The van der Waals surface area contributed by atoms with Crippen molar-refractivity contribution in [2.45, 2.75) is 6.92 Å². The van der Waals surface area contributed by atoms with Crippen molar-refractivity contribution < 1.29 is 19.1 Å². The van der Waals surface area contributed by atoms with Gasteiger partial charge in [-0.05, 0) is 64.3 Å². The number of hydrogen-bond donors (Lipinski definition) is 1. The number of carbonyl (C=O) groups is 2. The highest BCUT2D eigenvalue weighted by Crippen LogP contribution is 2.39. The number of thiocarbonyl (C=S) groups is 1. The summed E-state index contributed by atoms with van der Waals surface area (Å²) in [5.41, 5.74) is 2.10. The molecule has 0 saturated carbocycles. The topological polar surface area (TPSA) is 67.9 Å². The van der Waals surface area contributed by atoms with Crippen molar-refractivity contribution in [1.29, 1.82) is 0 Å². The molecule has 1 aliphatic rings. The van der Waals surface area contributed by atoms with Gasteiger partial charge in [0.1, 0.15) is 4.32 Å². The highest BCUT2D eigenvalue weighted by atomic mass is 79.9. The first kappa shape index (κ1) is 25.3. The quantitative estimate of drug-likeness (QED) is 0.246. The number of anilines is 1. The standard InChI is InChI=1S/C23H20BrClN2O4S2/c1-4-8-27-22(29)19(33-23(27)32)11-14-9-15(24)21(18(10-14)30-3)31-12-20(28)26-17-7-5-6-16(25)13(17)2/h4-7,9-11H,1,8,12H2,2-3H3,(H,26,28)/b19-11-. The Bertz CT molecular complexity index is 1170. The minimum atomic E-state index is -0.343. The molecular formula is C23H20BrClN2O4S2. The van der Waals surface area contributed by atoms with Gasteiger partial charge in [0.05, 0.1) is 16.5 Å². The maximum Gasteiger partial charge on any atom is 0.266 e. The van der Waals surface area contributed by atoms with E-state index in [2.05, 4.69) is 27.8 Å². The second-order valence-electron chi connectivity index (χ2n) is 6.86. The summed E-state index contributed by atoms with van der Waals surface area (Å²) in [6, 6.07) is 8.78. The third-order valence-corrected chi connectivity index (χ3v) is 7.00. The van der Waals surface area contributed by atoms with Gasteiger partial charge in [-0.3, -0.25) is 14.5 Å². The number of benzene rings is 2. The molecule has 2 aromatic rings. The van der Waals surface area contributed by atoms with Gasteiger partial charge in [0, 0.05) is 17.3 Å². The Morgan fingerprint density at radius 2 is 2.15 bits per heavy atom. The van der Waals surface area contributed by atoms with Crippen LogP contribution in [0, 0.1) is 6.92 Å². The van der Waals surface area contributed by atoms with E-state index in [1.165, 1.54) is 23.8 Å². The van der Waals surface area contributed by atoms with Crippen molar-refractivity contribution in [2.75, 3.05) is 25.6 Å². The molecule has 0 radical (unpaired) electrons. The Hall–Kier alpha value is -2.33. The number of amides is 2. The van der Waals surface area contributed by atoms with Crippen LogP contribution in [0.5, 0.6) is 11.5 Å². The molecule has 1 N–H and O–H groups in total. The summed E-state index contributed by atoms with van der Waals surface area (Å²) in [4.78, 5) is 27.0. The fraction of sp³-hybridized carbons (Fsp3) is 0.174. The lowest BCUT2D eigenvalue weighted by atomic mass is 10.2. The molecule has 0 atom stereocenters. The molecular weight excluding hydrogens is 548 g/mol. The Labute approximate surface area is 215 Å². The lowest BCUT2D eigenvalue weighted by molar-refractivity contribution is -0.121. The molecule has 2 amide bonds. The molecule has 1 aliphatic heterocycles. The third-order valence-electron chi connectivity index (χ3n) is 4.62. The predicted molar refractivity (Wildman–Crippen MR) is 141 cm³/mol. The van der Waals surface area contributed by atoms with Gasteiger partial charge in [-0.15, -0.1) is 6.58 Å². The molecule has 1 fully saturated rings. The van der Waals surface area contributed by atoms with Gasteiger partial charge < -0.3 is 14.8 Å². The van der Waals surface area contributed by atoms with Crippen LogP contribution in [0.3, 0.4) is 0 Å². The maximum absolute atomic E-state index is 12.6. The number of halogens is 2. The van der Waals surface area contributed by atoms with E-state index in [0.29, 0.717) is 48.0 Å². The van der Waals surface area contributed by atoms with E-state index in [9.17, 15) is 9.59 Å². The maximum atomic E-state index is 12.6. The summed E-state index contributed by atoms with van der Waals surface area (Å²) in [7, 11) is 1.50. The van der Waals surface area contributed by atoms with Crippen LogP contribution in [0.1, 0.15) is 11.1 Å². The summed E-state index contributed by atoms with van der Waals surface area (Å²) in [5.74, 6) is 0.258. The average molecular weight is 568 g/mol. The van der Waals surface area contributed by atoms with Gasteiger partial charge in [-0.25, -0.2) is 0 Å². The van der Waals surface area contributed by atoms with Crippen LogP contribution in [0.4, 0.5) is 5.69 Å². The number of nitrogens with one attached hydrogen (secondary N) is 1. The summed E-state index contributed by atoms with van der Waals surface area (Å²) in [5, 5.41) is 3.35. The number of nitrogens with zero attached hydrogens (tertiary/aromatic N) is 1. The van der Waals surface area contributed by atoms with E-state index < -0.39 is 0 Å². The minimum absolute atomic E-state index is 0.173. The van der Waals surface area contributed by atoms with Crippen molar-refractivity contribution in [3.05, 3.63) is 68.5 Å². The molecule has 0 aliphatic carbocycles. The Morgan fingerprint density at radius 3 is 2.85 bits per heavy atom. The molecule has 1 heterocycles. The zero-order valence-corrected chi connectivity index (χ0v) is 21.8. The van der Waals surface area contributed by atoms with Gasteiger partial charge in [0.15, 0.2) is 18.1 Å². The largest absolute Gasteiger partial charge is 0.493 e. The van der Waals surface area contributed by atoms with Crippen molar-refractivity contribution in [1.82, 2.24) is 4.90 Å². The number of hydrogen-bond acceptors (Lipinski definition) is 6. The molecule has 2 aromatic carbocycles. The molecule has 0 spiro atoms. The highest BCUT2D eigenvalue weighted by Gasteiger charge is 2.31. The molecule has 172 valence electrons. The van der Waals surface area contributed by atoms with Crippen molar-refractivity contribution >= 4 is 79.4 Å². The molecule has 10 heteroatoms. The van der Waals surface area contributed by atoms with Crippen LogP contribution >= 0.6 is 51.5 Å². The first-order valence-electron chi connectivity index (χ1n) is 9.66. The van der Waals surface area contributed by atoms with E-state index in [-0.39, 0.29) is 18.4 Å². The SMILES string of the molecule is C=CCN1C(=O)/C(=C/c2cc(Br)c(OCC(=O)Nc3cccc(Cl)c3C)c(OC)c2)SC1=S. The van der Waals surface area contributed by atoms with E-state index in [4.69, 9.17) is 33.3 Å². The van der Waals surface area contributed by atoms with Crippen molar-refractivity contribution in [3.8, 4) is 11.5 Å². The molecule has 0 aromatic heterocycles. The smallest absolute Gasteiger partial charge is 0.266 e. The molecule has 0 unspecified atom stereocenters. The van der Waals surface area contributed by atoms with Crippen molar-refractivity contribution in [2.24, 2.45) is 0 Å². The Balaban J connectivity index is 1.75. The first-order valence-corrected chi connectivity index (χ1v) is 12.1. The summed E-state index contributed by atoms with van der Waals surface area (Å²) in [6.45, 7) is 5.60. The van der Waals surface area contributed by atoms with Crippen LogP contribution in [0.2, 0.25) is 5.02 Å². The van der Waals surface area contributed by atoms with E-state index >= 15 is 0 Å². The lowest BCUT2D eigenvalue weighted by Crippen LogP contribution is -2.27. The normalized spacial score (nSPS) is 14.5. The minimum Gasteiger partial charge on any atom is -0.493 e. The number of ether oxygens (including phenoxy) is 2. The van der Waals surface area contributed by atoms with Crippen LogP contribution in [-0.4, -0.2) is 41.3 Å². The number of thioether (sulfide) groups is 1.